The summed E-state index contributed by atoms with van der Waals surface area (Å²) >= 11 is 3.97. The van der Waals surface area contributed by atoms with E-state index in [0.29, 0.717) is 5.75 Å². The van der Waals surface area contributed by atoms with Crippen LogP contribution in [-0.4, -0.2) is 10.9 Å². The van der Waals surface area contributed by atoms with Gasteiger partial charge in [-0.2, -0.15) is 12.6 Å². The molecule has 0 spiro atoms. The highest BCUT2D eigenvalue weighted by Crippen LogP contribution is 2.14. The molecular formula is C10H10OS. The van der Waals surface area contributed by atoms with Crippen molar-refractivity contribution in [3.05, 3.63) is 29.3 Å². The van der Waals surface area contributed by atoms with Crippen LogP contribution in [0.15, 0.2) is 18.2 Å². The van der Waals surface area contributed by atoms with Crippen LogP contribution in [0.4, 0.5) is 0 Å². The smallest absolute Gasteiger partial charge is 0.116 e. The van der Waals surface area contributed by atoms with E-state index in [9.17, 15) is 0 Å². The molecule has 0 aliphatic carbocycles. The zero-order chi connectivity index (χ0) is 8.97. The van der Waals surface area contributed by atoms with Crippen molar-refractivity contribution in [3.8, 4) is 17.6 Å². The maximum atomic E-state index is 9.15. The fraction of sp³-hybridized carbons (Fsp3) is 0.200. The average molecular weight is 178 g/mol. The van der Waals surface area contributed by atoms with Gasteiger partial charge in [0, 0.05) is 5.56 Å². The lowest BCUT2D eigenvalue weighted by Crippen LogP contribution is -1.80. The molecule has 2 heteroatoms. The zero-order valence-electron chi connectivity index (χ0n) is 6.83. The summed E-state index contributed by atoms with van der Waals surface area (Å²) in [6.45, 7) is 1.96. The van der Waals surface area contributed by atoms with Gasteiger partial charge in [0.05, 0.1) is 5.75 Å². The van der Waals surface area contributed by atoms with Gasteiger partial charge in [0.15, 0.2) is 0 Å². The first kappa shape index (κ1) is 9.02. The van der Waals surface area contributed by atoms with Crippen molar-refractivity contribution in [3.63, 3.8) is 0 Å². The molecule has 62 valence electrons. The number of benzene rings is 1. The summed E-state index contributed by atoms with van der Waals surface area (Å²) in [6, 6.07) is 5.16. The van der Waals surface area contributed by atoms with E-state index in [0.717, 1.165) is 11.1 Å². The van der Waals surface area contributed by atoms with Gasteiger partial charge in [0.25, 0.3) is 0 Å². The summed E-state index contributed by atoms with van der Waals surface area (Å²) in [7, 11) is 0. The van der Waals surface area contributed by atoms with Gasteiger partial charge in [0.1, 0.15) is 5.75 Å². The normalized spacial score (nSPS) is 8.83. The van der Waals surface area contributed by atoms with Gasteiger partial charge in [-0.3, -0.25) is 0 Å². The summed E-state index contributed by atoms with van der Waals surface area (Å²) in [5, 5.41) is 9.15. The Morgan fingerprint density at radius 3 is 2.92 bits per heavy atom. The Morgan fingerprint density at radius 2 is 2.25 bits per heavy atom. The molecule has 0 atom stereocenters. The van der Waals surface area contributed by atoms with Crippen LogP contribution in [0.5, 0.6) is 5.75 Å². The maximum absolute atomic E-state index is 9.15. The number of rotatable bonds is 0. The molecule has 0 amide bonds. The third-order valence-corrected chi connectivity index (χ3v) is 1.68. The first-order valence-corrected chi connectivity index (χ1v) is 4.26. The zero-order valence-corrected chi connectivity index (χ0v) is 7.73. The highest BCUT2D eigenvalue weighted by atomic mass is 32.1. The molecule has 0 heterocycles. The lowest BCUT2D eigenvalue weighted by Gasteiger charge is -1.97. The van der Waals surface area contributed by atoms with Gasteiger partial charge in [-0.05, 0) is 24.6 Å². The van der Waals surface area contributed by atoms with Gasteiger partial charge in [-0.15, -0.1) is 0 Å². The van der Waals surface area contributed by atoms with Gasteiger partial charge in [-0.1, -0.05) is 17.9 Å². The van der Waals surface area contributed by atoms with Gasteiger partial charge in [-0.25, -0.2) is 0 Å². The molecule has 0 unspecified atom stereocenters. The van der Waals surface area contributed by atoms with Gasteiger partial charge < -0.3 is 5.11 Å². The van der Waals surface area contributed by atoms with E-state index in [1.165, 1.54) is 0 Å². The molecule has 0 radical (unpaired) electrons. The molecular weight excluding hydrogens is 168 g/mol. The van der Waals surface area contributed by atoms with E-state index in [1.807, 2.05) is 13.0 Å². The molecule has 12 heavy (non-hydrogen) atoms. The number of phenolic OH excluding ortho intramolecular Hbond substituents is 1. The second-order valence-electron chi connectivity index (χ2n) is 2.46. The fourth-order valence-corrected chi connectivity index (χ4v) is 0.958. The quantitative estimate of drug-likeness (QED) is 0.460. The Labute approximate surface area is 77.8 Å². The standard InChI is InChI=1S/C10H10OS/c1-8-4-5-10(11)7-9(8)3-2-6-12/h4-5,7,11-12H,6H2,1H3. The fourth-order valence-electron chi connectivity index (χ4n) is 0.879. The minimum absolute atomic E-state index is 0.254. The van der Waals surface area contributed by atoms with Crippen LogP contribution in [0.2, 0.25) is 0 Å². The Bertz CT molecular complexity index is 333. The van der Waals surface area contributed by atoms with Crippen LogP contribution in [0.3, 0.4) is 0 Å². The lowest BCUT2D eigenvalue weighted by atomic mass is 10.1. The van der Waals surface area contributed by atoms with Crippen molar-refractivity contribution >= 4 is 12.6 Å². The predicted molar refractivity (Wildman–Crippen MR) is 53.6 cm³/mol. The number of thiol groups is 1. The minimum Gasteiger partial charge on any atom is -0.508 e. The molecule has 0 aliphatic heterocycles. The number of hydrogen-bond donors (Lipinski definition) is 2. The van der Waals surface area contributed by atoms with Crippen molar-refractivity contribution in [2.45, 2.75) is 6.92 Å². The topological polar surface area (TPSA) is 20.2 Å². The molecule has 0 aromatic heterocycles. The van der Waals surface area contributed by atoms with E-state index in [2.05, 4.69) is 24.5 Å². The van der Waals surface area contributed by atoms with Crippen LogP contribution in [0.25, 0.3) is 0 Å². The molecule has 0 saturated carbocycles. The van der Waals surface area contributed by atoms with E-state index < -0.39 is 0 Å². The number of phenols is 1. The number of aromatic hydroxyl groups is 1. The van der Waals surface area contributed by atoms with E-state index in [1.54, 1.807) is 12.1 Å². The molecule has 1 N–H and O–H groups in total. The molecule has 0 saturated heterocycles. The highest BCUT2D eigenvalue weighted by Gasteiger charge is 1.94. The van der Waals surface area contributed by atoms with Crippen molar-refractivity contribution in [2.75, 3.05) is 5.75 Å². The third-order valence-electron chi connectivity index (χ3n) is 1.52. The third kappa shape index (κ3) is 2.21. The van der Waals surface area contributed by atoms with Crippen LogP contribution in [0.1, 0.15) is 11.1 Å². The second-order valence-corrected chi connectivity index (χ2v) is 2.78. The van der Waals surface area contributed by atoms with E-state index in [4.69, 9.17) is 5.11 Å². The Balaban J connectivity index is 3.05. The highest BCUT2D eigenvalue weighted by molar-refractivity contribution is 7.80. The summed E-state index contributed by atoms with van der Waals surface area (Å²) in [4.78, 5) is 0. The largest absolute Gasteiger partial charge is 0.508 e. The first-order valence-electron chi connectivity index (χ1n) is 3.63. The van der Waals surface area contributed by atoms with Gasteiger partial charge in [0.2, 0.25) is 0 Å². The molecule has 0 bridgehead atoms. The van der Waals surface area contributed by atoms with Crippen LogP contribution >= 0.6 is 12.6 Å². The first-order chi connectivity index (χ1) is 5.74. The average Bonchev–Trinajstić information content (AvgIpc) is 2.07. The van der Waals surface area contributed by atoms with Crippen molar-refractivity contribution < 1.29 is 5.11 Å². The van der Waals surface area contributed by atoms with Crippen LogP contribution < -0.4 is 0 Å². The van der Waals surface area contributed by atoms with Crippen LogP contribution in [-0.2, 0) is 0 Å². The monoisotopic (exact) mass is 178 g/mol. The second kappa shape index (κ2) is 4.08. The Hall–Kier alpha value is -1.07. The van der Waals surface area contributed by atoms with E-state index >= 15 is 0 Å². The molecule has 1 aromatic rings. The van der Waals surface area contributed by atoms with Crippen LogP contribution in [0, 0.1) is 18.8 Å². The summed E-state index contributed by atoms with van der Waals surface area (Å²) in [5.41, 5.74) is 1.94. The van der Waals surface area contributed by atoms with Crippen molar-refractivity contribution in [2.24, 2.45) is 0 Å². The Morgan fingerprint density at radius 1 is 1.50 bits per heavy atom. The number of hydrogen-bond acceptors (Lipinski definition) is 2. The molecule has 0 aliphatic rings. The molecule has 1 aromatic carbocycles. The SMILES string of the molecule is Cc1ccc(O)cc1C#CCS. The number of aryl methyl sites for hydroxylation is 1. The summed E-state index contributed by atoms with van der Waals surface area (Å²) in [5.74, 6) is 6.54. The Kier molecular flexibility index (Phi) is 3.07. The minimum atomic E-state index is 0.254. The van der Waals surface area contributed by atoms with Crippen molar-refractivity contribution in [1.82, 2.24) is 0 Å². The maximum Gasteiger partial charge on any atom is 0.116 e. The molecule has 1 nitrogen and oxygen atoms in total. The lowest BCUT2D eigenvalue weighted by molar-refractivity contribution is 0.475. The van der Waals surface area contributed by atoms with Gasteiger partial charge >= 0.3 is 0 Å². The van der Waals surface area contributed by atoms with Crippen molar-refractivity contribution in [1.29, 1.82) is 0 Å². The predicted octanol–water partition coefficient (Wildman–Crippen LogP) is 1.98. The van der Waals surface area contributed by atoms with E-state index in [-0.39, 0.29) is 5.75 Å². The molecule has 0 fully saturated rings. The summed E-state index contributed by atoms with van der Waals surface area (Å²) in [6.07, 6.45) is 0. The molecule has 1 rings (SSSR count). The summed E-state index contributed by atoms with van der Waals surface area (Å²) < 4.78 is 0.